The summed E-state index contributed by atoms with van der Waals surface area (Å²) in [6, 6.07) is 3.56. The van der Waals surface area contributed by atoms with Gasteiger partial charge in [0.1, 0.15) is 11.4 Å². The normalized spacial score (nSPS) is 15.4. The standard InChI is InChI=1S/C12H15NO2/c1-8(2)12-11(15-10-4-5-10)6-3-9(7-14)13-12/h3,6-8,10H,4-5H2,1-2H3. The van der Waals surface area contributed by atoms with Crippen LogP contribution in [0.2, 0.25) is 0 Å². The summed E-state index contributed by atoms with van der Waals surface area (Å²) in [7, 11) is 0. The predicted molar refractivity (Wildman–Crippen MR) is 57.4 cm³/mol. The average Bonchev–Trinajstić information content (AvgIpc) is 3.02. The molecule has 0 saturated heterocycles. The van der Waals surface area contributed by atoms with Crippen LogP contribution in [-0.2, 0) is 0 Å². The smallest absolute Gasteiger partial charge is 0.168 e. The Kier molecular flexibility index (Phi) is 2.71. The molecule has 1 fully saturated rings. The van der Waals surface area contributed by atoms with Crippen molar-refractivity contribution in [3.63, 3.8) is 0 Å². The van der Waals surface area contributed by atoms with E-state index in [1.807, 2.05) is 6.07 Å². The summed E-state index contributed by atoms with van der Waals surface area (Å²) < 4.78 is 5.74. The number of nitrogens with zero attached hydrogens (tertiary/aromatic N) is 1. The van der Waals surface area contributed by atoms with Crippen molar-refractivity contribution in [3.8, 4) is 5.75 Å². The first kappa shape index (κ1) is 10.1. The van der Waals surface area contributed by atoms with Gasteiger partial charge in [0.05, 0.1) is 11.8 Å². The van der Waals surface area contributed by atoms with Crippen molar-refractivity contribution in [2.75, 3.05) is 0 Å². The van der Waals surface area contributed by atoms with Crippen molar-refractivity contribution in [2.45, 2.75) is 38.7 Å². The van der Waals surface area contributed by atoms with E-state index in [1.165, 1.54) is 0 Å². The van der Waals surface area contributed by atoms with Crippen LogP contribution in [0.4, 0.5) is 0 Å². The Balaban J connectivity index is 2.29. The van der Waals surface area contributed by atoms with Gasteiger partial charge in [-0.25, -0.2) is 4.98 Å². The zero-order valence-corrected chi connectivity index (χ0v) is 9.06. The Hall–Kier alpha value is -1.38. The van der Waals surface area contributed by atoms with Gasteiger partial charge in [-0.3, -0.25) is 4.79 Å². The van der Waals surface area contributed by atoms with Crippen LogP contribution in [-0.4, -0.2) is 17.4 Å². The number of rotatable bonds is 4. The second-order valence-electron chi connectivity index (χ2n) is 4.21. The van der Waals surface area contributed by atoms with Crippen LogP contribution in [0.25, 0.3) is 0 Å². The van der Waals surface area contributed by atoms with E-state index < -0.39 is 0 Å². The summed E-state index contributed by atoms with van der Waals surface area (Å²) in [5.74, 6) is 1.11. The van der Waals surface area contributed by atoms with Crippen LogP contribution in [0.5, 0.6) is 5.75 Å². The molecule has 3 heteroatoms. The quantitative estimate of drug-likeness (QED) is 0.709. The van der Waals surface area contributed by atoms with E-state index >= 15 is 0 Å². The molecule has 0 radical (unpaired) electrons. The van der Waals surface area contributed by atoms with E-state index in [-0.39, 0.29) is 5.92 Å². The second kappa shape index (κ2) is 4.01. The first-order valence-electron chi connectivity index (χ1n) is 5.33. The van der Waals surface area contributed by atoms with Gasteiger partial charge in [-0.2, -0.15) is 0 Å². The van der Waals surface area contributed by atoms with Gasteiger partial charge in [0.15, 0.2) is 6.29 Å². The van der Waals surface area contributed by atoms with Gasteiger partial charge in [-0.1, -0.05) is 13.8 Å². The number of carbonyl (C=O) groups is 1. The number of hydrogen-bond acceptors (Lipinski definition) is 3. The summed E-state index contributed by atoms with van der Waals surface area (Å²) in [6.07, 6.45) is 3.40. The van der Waals surface area contributed by atoms with Crippen molar-refractivity contribution in [2.24, 2.45) is 0 Å². The molecule has 80 valence electrons. The Morgan fingerprint density at radius 1 is 1.47 bits per heavy atom. The van der Waals surface area contributed by atoms with E-state index in [0.29, 0.717) is 11.8 Å². The third kappa shape index (κ3) is 2.35. The van der Waals surface area contributed by atoms with E-state index in [2.05, 4.69) is 18.8 Å². The molecule has 1 aromatic heterocycles. The molecular weight excluding hydrogens is 190 g/mol. The summed E-state index contributed by atoms with van der Waals surface area (Å²) in [5, 5.41) is 0. The molecule has 0 N–H and O–H groups in total. The van der Waals surface area contributed by atoms with Crippen molar-refractivity contribution in [1.29, 1.82) is 0 Å². The Morgan fingerprint density at radius 3 is 2.73 bits per heavy atom. The molecule has 0 unspecified atom stereocenters. The van der Waals surface area contributed by atoms with Crippen LogP contribution in [0.1, 0.15) is 48.8 Å². The first-order valence-corrected chi connectivity index (χ1v) is 5.33. The van der Waals surface area contributed by atoms with Crippen molar-refractivity contribution < 1.29 is 9.53 Å². The Labute approximate surface area is 89.5 Å². The fraction of sp³-hybridized carbons (Fsp3) is 0.500. The van der Waals surface area contributed by atoms with E-state index in [0.717, 1.165) is 30.6 Å². The third-order valence-corrected chi connectivity index (χ3v) is 2.39. The molecule has 0 aromatic carbocycles. The molecule has 1 heterocycles. The largest absolute Gasteiger partial charge is 0.489 e. The van der Waals surface area contributed by atoms with Gasteiger partial charge in [0.2, 0.25) is 0 Å². The molecular formula is C12H15NO2. The molecule has 2 rings (SSSR count). The van der Waals surface area contributed by atoms with Crippen LogP contribution in [0.3, 0.4) is 0 Å². The fourth-order valence-corrected chi connectivity index (χ4v) is 1.42. The van der Waals surface area contributed by atoms with Crippen molar-refractivity contribution in [3.05, 3.63) is 23.5 Å². The molecule has 1 saturated carbocycles. The fourth-order valence-electron chi connectivity index (χ4n) is 1.42. The minimum atomic E-state index is 0.277. The van der Waals surface area contributed by atoms with Crippen LogP contribution in [0, 0.1) is 0 Å². The van der Waals surface area contributed by atoms with Crippen molar-refractivity contribution in [1.82, 2.24) is 4.98 Å². The summed E-state index contributed by atoms with van der Waals surface area (Å²) in [4.78, 5) is 14.9. The number of aldehydes is 1. The lowest BCUT2D eigenvalue weighted by atomic mass is 10.1. The zero-order chi connectivity index (χ0) is 10.8. The average molecular weight is 205 g/mol. The van der Waals surface area contributed by atoms with Crippen LogP contribution >= 0.6 is 0 Å². The SMILES string of the molecule is CC(C)c1nc(C=O)ccc1OC1CC1. The predicted octanol–water partition coefficient (Wildman–Crippen LogP) is 2.56. The lowest BCUT2D eigenvalue weighted by molar-refractivity contribution is 0.111. The first-order chi connectivity index (χ1) is 7.20. The van der Waals surface area contributed by atoms with E-state index in [4.69, 9.17) is 4.74 Å². The Bertz CT molecular complexity index is 370. The lowest BCUT2D eigenvalue weighted by Gasteiger charge is -2.12. The maximum Gasteiger partial charge on any atom is 0.168 e. The van der Waals surface area contributed by atoms with E-state index in [9.17, 15) is 4.79 Å². The molecule has 0 amide bonds. The minimum absolute atomic E-state index is 0.277. The van der Waals surface area contributed by atoms with Gasteiger partial charge in [0, 0.05) is 0 Å². The van der Waals surface area contributed by atoms with Gasteiger partial charge in [-0.05, 0) is 30.9 Å². The maximum absolute atomic E-state index is 10.6. The summed E-state index contributed by atoms with van der Waals surface area (Å²) in [5.41, 5.74) is 1.35. The Morgan fingerprint density at radius 2 is 2.20 bits per heavy atom. The second-order valence-corrected chi connectivity index (χ2v) is 4.21. The summed E-state index contributed by atoms with van der Waals surface area (Å²) >= 11 is 0. The van der Waals surface area contributed by atoms with Gasteiger partial charge in [0.25, 0.3) is 0 Å². The highest BCUT2D eigenvalue weighted by molar-refractivity contribution is 5.72. The molecule has 15 heavy (non-hydrogen) atoms. The highest BCUT2D eigenvalue weighted by Gasteiger charge is 2.25. The molecule has 1 aromatic rings. The topological polar surface area (TPSA) is 39.2 Å². The van der Waals surface area contributed by atoms with Crippen molar-refractivity contribution >= 4 is 6.29 Å². The zero-order valence-electron chi connectivity index (χ0n) is 9.06. The molecule has 3 nitrogen and oxygen atoms in total. The highest BCUT2D eigenvalue weighted by atomic mass is 16.5. The highest BCUT2D eigenvalue weighted by Crippen LogP contribution is 2.31. The molecule has 0 spiro atoms. The third-order valence-electron chi connectivity index (χ3n) is 2.39. The lowest BCUT2D eigenvalue weighted by Crippen LogP contribution is -2.04. The number of hydrogen-bond donors (Lipinski definition) is 0. The summed E-state index contributed by atoms with van der Waals surface area (Å²) in [6.45, 7) is 4.10. The van der Waals surface area contributed by atoms with Gasteiger partial charge < -0.3 is 4.74 Å². The van der Waals surface area contributed by atoms with Crippen LogP contribution < -0.4 is 4.74 Å². The molecule has 1 aliphatic rings. The molecule has 0 aliphatic heterocycles. The number of ether oxygens (including phenoxy) is 1. The van der Waals surface area contributed by atoms with E-state index in [1.54, 1.807) is 6.07 Å². The molecule has 1 aliphatic carbocycles. The van der Waals surface area contributed by atoms with Crippen LogP contribution in [0.15, 0.2) is 12.1 Å². The maximum atomic E-state index is 10.6. The monoisotopic (exact) mass is 205 g/mol. The number of aromatic nitrogens is 1. The van der Waals surface area contributed by atoms with Gasteiger partial charge >= 0.3 is 0 Å². The minimum Gasteiger partial charge on any atom is -0.489 e. The number of pyridine rings is 1. The van der Waals surface area contributed by atoms with Gasteiger partial charge in [-0.15, -0.1) is 0 Å². The number of carbonyl (C=O) groups excluding carboxylic acids is 1. The molecule has 0 bridgehead atoms. The molecule has 0 atom stereocenters.